The van der Waals surface area contributed by atoms with Gasteiger partial charge in [0.2, 0.25) is 0 Å². The minimum atomic E-state index is -0.888. The first kappa shape index (κ1) is 13.9. The molecular formula is C14H15ClO4. The number of carbonyl (C=O) groups is 2. The molecule has 2 rings (SSSR count). The van der Waals surface area contributed by atoms with Gasteiger partial charge in [0.15, 0.2) is 0 Å². The molecule has 19 heavy (non-hydrogen) atoms. The number of benzene rings is 1. The molecule has 0 amide bonds. The normalized spacial score (nSPS) is 14.0. The van der Waals surface area contributed by atoms with Gasteiger partial charge in [0, 0.05) is 0 Å². The number of hydrogen-bond donors (Lipinski definition) is 0. The highest BCUT2D eigenvalue weighted by Crippen LogP contribution is 2.33. The first-order chi connectivity index (χ1) is 9.13. The molecule has 0 radical (unpaired) electrons. The molecule has 0 atom stereocenters. The van der Waals surface area contributed by atoms with Crippen molar-refractivity contribution in [3.63, 3.8) is 0 Å². The minimum Gasteiger partial charge on any atom is -0.491 e. The Morgan fingerprint density at radius 3 is 2.74 bits per heavy atom. The van der Waals surface area contributed by atoms with Crippen molar-refractivity contribution in [2.45, 2.75) is 19.8 Å². The summed E-state index contributed by atoms with van der Waals surface area (Å²) in [5.74, 6) is -0.813. The number of halogens is 1. The van der Waals surface area contributed by atoms with Gasteiger partial charge >= 0.3 is 5.97 Å². The third-order valence-electron chi connectivity index (χ3n) is 2.83. The molecule has 0 aromatic heterocycles. The van der Waals surface area contributed by atoms with Crippen molar-refractivity contribution in [2.24, 2.45) is 5.92 Å². The van der Waals surface area contributed by atoms with Gasteiger partial charge in [-0.1, -0.05) is 17.7 Å². The molecule has 4 nitrogen and oxygen atoms in total. The molecule has 1 saturated carbocycles. The van der Waals surface area contributed by atoms with Gasteiger partial charge in [-0.05, 0) is 37.8 Å². The van der Waals surface area contributed by atoms with Crippen LogP contribution in [0.2, 0.25) is 5.02 Å². The number of esters is 1. The molecule has 5 heteroatoms. The van der Waals surface area contributed by atoms with E-state index in [2.05, 4.69) is 0 Å². The lowest BCUT2D eigenvalue weighted by Gasteiger charge is -2.11. The summed E-state index contributed by atoms with van der Waals surface area (Å²) in [4.78, 5) is 23.4. The van der Waals surface area contributed by atoms with Crippen LogP contribution >= 0.6 is 11.6 Å². The van der Waals surface area contributed by atoms with Gasteiger partial charge < -0.3 is 9.47 Å². The van der Waals surface area contributed by atoms with Crippen LogP contribution in [-0.2, 0) is 9.53 Å². The van der Waals surface area contributed by atoms with Gasteiger partial charge in [0.25, 0.3) is 5.78 Å². The molecule has 1 aliphatic rings. The van der Waals surface area contributed by atoms with Crippen LogP contribution in [0.5, 0.6) is 5.75 Å². The third-order valence-corrected chi connectivity index (χ3v) is 3.13. The lowest BCUT2D eigenvalue weighted by Crippen LogP contribution is -2.19. The highest BCUT2D eigenvalue weighted by molar-refractivity contribution is 6.42. The molecular weight excluding hydrogens is 268 g/mol. The van der Waals surface area contributed by atoms with Crippen LogP contribution in [0, 0.1) is 5.92 Å². The Morgan fingerprint density at radius 1 is 1.37 bits per heavy atom. The monoisotopic (exact) mass is 282 g/mol. The lowest BCUT2D eigenvalue weighted by molar-refractivity contribution is -0.137. The van der Waals surface area contributed by atoms with E-state index in [0.717, 1.165) is 12.8 Å². The van der Waals surface area contributed by atoms with Crippen LogP contribution in [-0.4, -0.2) is 25.0 Å². The molecule has 0 saturated heterocycles. The molecule has 1 aliphatic carbocycles. The molecule has 0 heterocycles. The van der Waals surface area contributed by atoms with Crippen LogP contribution in [0.3, 0.4) is 0 Å². The van der Waals surface area contributed by atoms with Gasteiger partial charge in [-0.25, -0.2) is 4.79 Å². The Morgan fingerprint density at radius 2 is 2.11 bits per heavy atom. The van der Waals surface area contributed by atoms with Crippen molar-refractivity contribution in [1.29, 1.82) is 0 Å². The quantitative estimate of drug-likeness (QED) is 0.457. The molecule has 1 aromatic carbocycles. The highest BCUT2D eigenvalue weighted by atomic mass is 35.5. The molecule has 0 spiro atoms. The predicted octanol–water partition coefficient (Wildman–Crippen LogP) is 2.87. The summed E-state index contributed by atoms with van der Waals surface area (Å²) in [6.07, 6.45) is 2.26. The van der Waals surface area contributed by atoms with Crippen LogP contribution in [0.25, 0.3) is 0 Å². The zero-order chi connectivity index (χ0) is 13.8. The van der Waals surface area contributed by atoms with E-state index in [1.54, 1.807) is 19.1 Å². The smallest absolute Gasteiger partial charge is 0.379 e. The van der Waals surface area contributed by atoms with Gasteiger partial charge in [-0.15, -0.1) is 0 Å². The minimum absolute atomic E-state index is 0.156. The SMILES string of the molecule is CCOC(=O)C(=O)c1cccc(Cl)c1OCC1CC1. The standard InChI is InChI=1S/C14H15ClO4/c1-2-18-14(17)12(16)10-4-3-5-11(15)13(10)19-8-9-6-7-9/h3-5,9H,2,6-8H2,1H3. The van der Waals surface area contributed by atoms with Crippen molar-refractivity contribution < 1.29 is 19.1 Å². The zero-order valence-electron chi connectivity index (χ0n) is 10.6. The zero-order valence-corrected chi connectivity index (χ0v) is 11.4. The Hall–Kier alpha value is -1.55. The van der Waals surface area contributed by atoms with Crippen LogP contribution in [0.4, 0.5) is 0 Å². The Bertz CT molecular complexity index is 494. The van der Waals surface area contributed by atoms with Crippen LogP contribution in [0.1, 0.15) is 30.1 Å². The van der Waals surface area contributed by atoms with Crippen molar-refractivity contribution in [1.82, 2.24) is 0 Å². The second-order valence-electron chi connectivity index (χ2n) is 4.42. The fourth-order valence-electron chi connectivity index (χ4n) is 1.63. The lowest BCUT2D eigenvalue weighted by atomic mass is 10.1. The molecule has 1 fully saturated rings. The summed E-state index contributed by atoms with van der Waals surface area (Å²) >= 11 is 6.03. The second kappa shape index (κ2) is 6.06. The van der Waals surface area contributed by atoms with Crippen LogP contribution < -0.4 is 4.74 Å². The molecule has 0 aliphatic heterocycles. The summed E-state index contributed by atoms with van der Waals surface area (Å²) in [6, 6.07) is 4.76. The second-order valence-corrected chi connectivity index (χ2v) is 4.83. The summed E-state index contributed by atoms with van der Waals surface area (Å²) in [5, 5.41) is 0.329. The van der Waals surface area contributed by atoms with E-state index < -0.39 is 11.8 Å². The van der Waals surface area contributed by atoms with Crippen molar-refractivity contribution in [3.05, 3.63) is 28.8 Å². The van der Waals surface area contributed by atoms with Crippen LogP contribution in [0.15, 0.2) is 18.2 Å². The maximum Gasteiger partial charge on any atom is 0.379 e. The van der Waals surface area contributed by atoms with E-state index in [-0.39, 0.29) is 17.9 Å². The largest absolute Gasteiger partial charge is 0.491 e. The summed E-state index contributed by atoms with van der Waals surface area (Å²) < 4.78 is 10.3. The Balaban J connectivity index is 2.19. The highest BCUT2D eigenvalue weighted by Gasteiger charge is 2.26. The third kappa shape index (κ3) is 3.47. The molecule has 0 bridgehead atoms. The number of Topliss-reactive ketones (excluding diaryl/α,β-unsaturated/α-hetero) is 1. The molecule has 102 valence electrons. The molecule has 0 unspecified atom stereocenters. The van der Waals surface area contributed by atoms with Crippen molar-refractivity contribution in [3.8, 4) is 5.75 Å². The number of hydrogen-bond acceptors (Lipinski definition) is 4. The summed E-state index contributed by atoms with van der Waals surface area (Å²) in [7, 11) is 0. The first-order valence-electron chi connectivity index (χ1n) is 6.26. The average molecular weight is 283 g/mol. The fraction of sp³-hybridized carbons (Fsp3) is 0.429. The summed E-state index contributed by atoms with van der Waals surface area (Å²) in [5.41, 5.74) is 0.159. The molecule has 1 aromatic rings. The van der Waals surface area contributed by atoms with Gasteiger partial charge in [0.05, 0.1) is 23.8 Å². The number of ketones is 1. The van der Waals surface area contributed by atoms with E-state index in [9.17, 15) is 9.59 Å². The maximum absolute atomic E-state index is 12.0. The van der Waals surface area contributed by atoms with Gasteiger partial charge in [-0.3, -0.25) is 4.79 Å². The van der Waals surface area contributed by atoms with E-state index in [1.165, 1.54) is 6.07 Å². The topological polar surface area (TPSA) is 52.6 Å². The number of ether oxygens (including phenoxy) is 2. The van der Waals surface area contributed by atoms with E-state index in [1.807, 2.05) is 0 Å². The average Bonchev–Trinajstić information content (AvgIpc) is 3.20. The molecule has 0 N–H and O–H groups in total. The summed E-state index contributed by atoms with van der Waals surface area (Å²) in [6.45, 7) is 2.32. The van der Waals surface area contributed by atoms with Crippen molar-refractivity contribution in [2.75, 3.05) is 13.2 Å². The van der Waals surface area contributed by atoms with Crippen molar-refractivity contribution >= 4 is 23.4 Å². The maximum atomic E-state index is 12.0. The number of para-hydroxylation sites is 1. The predicted molar refractivity (Wildman–Crippen MR) is 70.6 cm³/mol. The van der Waals surface area contributed by atoms with Gasteiger partial charge in [0.1, 0.15) is 5.75 Å². The van der Waals surface area contributed by atoms with E-state index in [0.29, 0.717) is 17.5 Å². The first-order valence-corrected chi connectivity index (χ1v) is 6.64. The number of carbonyl (C=O) groups excluding carboxylic acids is 2. The van der Waals surface area contributed by atoms with E-state index in [4.69, 9.17) is 21.1 Å². The fourth-order valence-corrected chi connectivity index (χ4v) is 1.86. The Kier molecular flexibility index (Phi) is 4.43. The van der Waals surface area contributed by atoms with Gasteiger partial charge in [-0.2, -0.15) is 0 Å². The Labute approximate surface area is 116 Å². The van der Waals surface area contributed by atoms with E-state index >= 15 is 0 Å². The number of rotatable bonds is 6.